The van der Waals surface area contributed by atoms with Crippen LogP contribution in [0.5, 0.6) is 0 Å². The van der Waals surface area contributed by atoms with E-state index in [1.54, 1.807) is 44.2 Å². The predicted molar refractivity (Wildman–Crippen MR) is 104 cm³/mol. The van der Waals surface area contributed by atoms with Gasteiger partial charge in [-0.15, -0.1) is 0 Å². The Balaban J connectivity index is 1.99. The molecule has 5 nitrogen and oxygen atoms in total. The number of nitrogens with one attached hydrogen (secondary N) is 1. The van der Waals surface area contributed by atoms with Gasteiger partial charge in [0.15, 0.2) is 0 Å². The van der Waals surface area contributed by atoms with Crippen LogP contribution in [0.1, 0.15) is 22.4 Å². The first-order chi connectivity index (χ1) is 13.6. The number of rotatable bonds is 4. The molecule has 1 heterocycles. The fourth-order valence-corrected chi connectivity index (χ4v) is 3.08. The molecular formula is C20H17ClF3N3O2. The summed E-state index contributed by atoms with van der Waals surface area (Å²) in [6.45, 7) is 3.00. The van der Waals surface area contributed by atoms with Gasteiger partial charge in [0.05, 0.1) is 11.0 Å². The lowest BCUT2D eigenvalue weighted by molar-refractivity contribution is -0.142. The van der Waals surface area contributed by atoms with Gasteiger partial charge in [-0.25, -0.2) is 4.98 Å². The Hall–Kier alpha value is -2.87. The maximum atomic E-state index is 13.3. The first-order valence-electron chi connectivity index (χ1n) is 8.67. The molecule has 0 unspecified atom stereocenters. The van der Waals surface area contributed by atoms with Crippen LogP contribution in [-0.2, 0) is 24.1 Å². The number of alkyl halides is 3. The Morgan fingerprint density at radius 2 is 1.83 bits per heavy atom. The first kappa shape index (κ1) is 20.9. The molecule has 1 amide bonds. The quantitative estimate of drug-likeness (QED) is 0.689. The molecule has 2 aromatic carbocycles. The fraction of sp³-hybridized carbons (Fsp3) is 0.250. The van der Waals surface area contributed by atoms with Crippen molar-refractivity contribution < 1.29 is 18.0 Å². The fourth-order valence-electron chi connectivity index (χ4n) is 2.87. The van der Waals surface area contributed by atoms with Crippen LogP contribution in [0.15, 0.2) is 41.2 Å². The van der Waals surface area contributed by atoms with Crippen LogP contribution in [0.2, 0.25) is 5.02 Å². The predicted octanol–water partition coefficient (Wildman–Crippen LogP) is 4.00. The van der Waals surface area contributed by atoms with Gasteiger partial charge in [-0.2, -0.15) is 13.2 Å². The molecule has 3 rings (SSSR count). The summed E-state index contributed by atoms with van der Waals surface area (Å²) in [6.07, 6.45) is -4.93. The average molecular weight is 424 g/mol. The molecule has 0 fully saturated rings. The molecule has 152 valence electrons. The third-order valence-corrected chi connectivity index (χ3v) is 4.93. The molecule has 0 aliphatic carbocycles. The minimum Gasteiger partial charge on any atom is -0.350 e. The number of nitrogens with zero attached hydrogens (tertiary/aromatic N) is 2. The van der Waals surface area contributed by atoms with E-state index in [0.717, 1.165) is 15.7 Å². The number of halogens is 4. The van der Waals surface area contributed by atoms with E-state index in [9.17, 15) is 22.8 Å². The van der Waals surface area contributed by atoms with Crippen molar-refractivity contribution >= 4 is 28.5 Å². The second-order valence-electron chi connectivity index (χ2n) is 6.64. The van der Waals surface area contributed by atoms with Crippen molar-refractivity contribution in [2.24, 2.45) is 0 Å². The van der Waals surface area contributed by atoms with Crippen molar-refractivity contribution in [1.82, 2.24) is 14.9 Å². The Bertz CT molecular complexity index is 1160. The molecule has 29 heavy (non-hydrogen) atoms. The van der Waals surface area contributed by atoms with Crippen LogP contribution in [0, 0.1) is 13.8 Å². The molecule has 0 radical (unpaired) electrons. The van der Waals surface area contributed by atoms with Gasteiger partial charge in [-0.3, -0.25) is 14.2 Å². The Morgan fingerprint density at radius 1 is 1.17 bits per heavy atom. The van der Waals surface area contributed by atoms with Gasteiger partial charge in [-0.1, -0.05) is 29.8 Å². The average Bonchev–Trinajstić information content (AvgIpc) is 2.64. The van der Waals surface area contributed by atoms with Gasteiger partial charge in [0.2, 0.25) is 11.6 Å². The van der Waals surface area contributed by atoms with E-state index in [1.807, 2.05) is 0 Å². The van der Waals surface area contributed by atoms with Crippen molar-refractivity contribution in [1.29, 1.82) is 0 Å². The molecule has 0 saturated heterocycles. The summed E-state index contributed by atoms with van der Waals surface area (Å²) >= 11 is 6.03. The summed E-state index contributed by atoms with van der Waals surface area (Å²) in [4.78, 5) is 28.4. The van der Waals surface area contributed by atoms with Crippen LogP contribution in [0.4, 0.5) is 13.2 Å². The molecule has 0 aliphatic rings. The number of aromatic nitrogens is 2. The molecule has 0 saturated carbocycles. The van der Waals surface area contributed by atoms with E-state index in [-0.39, 0.29) is 17.6 Å². The van der Waals surface area contributed by atoms with Gasteiger partial charge >= 0.3 is 6.18 Å². The topological polar surface area (TPSA) is 64.0 Å². The van der Waals surface area contributed by atoms with Crippen LogP contribution in [0.3, 0.4) is 0 Å². The molecule has 0 atom stereocenters. The third-order valence-electron chi connectivity index (χ3n) is 4.57. The zero-order chi connectivity index (χ0) is 21.3. The molecule has 1 N–H and O–H groups in total. The molecule has 1 aromatic heterocycles. The summed E-state index contributed by atoms with van der Waals surface area (Å²) in [5.41, 5.74) is -0.599. The Morgan fingerprint density at radius 3 is 2.48 bits per heavy atom. The molecule has 0 spiro atoms. The zero-order valence-corrected chi connectivity index (χ0v) is 16.4. The number of carbonyl (C=O) groups is 1. The summed E-state index contributed by atoms with van der Waals surface area (Å²) in [5.74, 6) is -0.620. The van der Waals surface area contributed by atoms with E-state index in [2.05, 4.69) is 10.3 Å². The number of hydrogen-bond acceptors (Lipinski definition) is 3. The first-order valence-corrected chi connectivity index (χ1v) is 9.05. The molecular weight excluding hydrogens is 407 g/mol. The highest BCUT2D eigenvalue weighted by Crippen LogP contribution is 2.27. The van der Waals surface area contributed by atoms with E-state index in [4.69, 9.17) is 11.6 Å². The second-order valence-corrected chi connectivity index (χ2v) is 7.05. The molecule has 0 bridgehead atoms. The summed E-state index contributed by atoms with van der Waals surface area (Å²) in [6, 6.07) is 9.88. The highest BCUT2D eigenvalue weighted by Gasteiger charge is 2.37. The van der Waals surface area contributed by atoms with E-state index < -0.39 is 29.9 Å². The van der Waals surface area contributed by atoms with Gasteiger partial charge in [-0.05, 0) is 48.7 Å². The third kappa shape index (κ3) is 4.42. The van der Waals surface area contributed by atoms with Crippen LogP contribution < -0.4 is 10.9 Å². The number of aryl methyl sites for hydroxylation is 2. The van der Waals surface area contributed by atoms with Crippen molar-refractivity contribution in [3.05, 3.63) is 74.2 Å². The maximum absolute atomic E-state index is 13.3. The Kier molecular flexibility index (Phi) is 5.66. The summed E-state index contributed by atoms with van der Waals surface area (Å²) in [5, 5.41) is 3.03. The summed E-state index contributed by atoms with van der Waals surface area (Å²) < 4.78 is 40.7. The summed E-state index contributed by atoms with van der Waals surface area (Å²) in [7, 11) is 0. The Labute approximate surface area is 169 Å². The largest absolute Gasteiger partial charge is 0.438 e. The SMILES string of the molecule is Cc1cc2nc(C(F)(F)F)c(=O)n(CC(=O)NCc3ccccc3Cl)c2cc1C. The standard InChI is InChI=1S/C20H17ClF3N3O2/c1-11-7-15-16(8-12(11)2)27(19(29)18(26-15)20(22,23)24)10-17(28)25-9-13-5-3-4-6-14(13)21/h3-8H,9-10H2,1-2H3,(H,25,28). The monoisotopic (exact) mass is 423 g/mol. The van der Waals surface area contributed by atoms with E-state index in [1.165, 1.54) is 6.07 Å². The van der Waals surface area contributed by atoms with Crippen LogP contribution in [0.25, 0.3) is 11.0 Å². The lowest BCUT2D eigenvalue weighted by Gasteiger charge is -2.15. The zero-order valence-electron chi connectivity index (χ0n) is 15.6. The molecule has 0 aliphatic heterocycles. The van der Waals surface area contributed by atoms with Gasteiger partial charge in [0.1, 0.15) is 6.54 Å². The normalized spacial score (nSPS) is 11.7. The lowest BCUT2D eigenvalue weighted by atomic mass is 10.1. The molecule has 9 heteroatoms. The van der Waals surface area contributed by atoms with E-state index in [0.29, 0.717) is 10.6 Å². The number of amides is 1. The van der Waals surface area contributed by atoms with Crippen LogP contribution >= 0.6 is 11.6 Å². The number of carbonyl (C=O) groups excluding carboxylic acids is 1. The lowest BCUT2D eigenvalue weighted by Crippen LogP contribution is -2.36. The van der Waals surface area contributed by atoms with Crippen molar-refractivity contribution in [2.75, 3.05) is 0 Å². The van der Waals surface area contributed by atoms with Gasteiger partial charge in [0.25, 0.3) is 5.56 Å². The smallest absolute Gasteiger partial charge is 0.350 e. The van der Waals surface area contributed by atoms with Crippen molar-refractivity contribution in [3.63, 3.8) is 0 Å². The number of benzene rings is 2. The highest BCUT2D eigenvalue weighted by atomic mass is 35.5. The van der Waals surface area contributed by atoms with E-state index >= 15 is 0 Å². The molecule has 3 aromatic rings. The van der Waals surface area contributed by atoms with Gasteiger partial charge in [0, 0.05) is 11.6 Å². The number of fused-ring (bicyclic) bond motifs is 1. The number of hydrogen-bond donors (Lipinski definition) is 1. The highest BCUT2D eigenvalue weighted by molar-refractivity contribution is 6.31. The maximum Gasteiger partial charge on any atom is 0.438 e. The van der Waals surface area contributed by atoms with Crippen molar-refractivity contribution in [3.8, 4) is 0 Å². The van der Waals surface area contributed by atoms with Crippen molar-refractivity contribution in [2.45, 2.75) is 33.1 Å². The van der Waals surface area contributed by atoms with Gasteiger partial charge < -0.3 is 5.32 Å². The van der Waals surface area contributed by atoms with Crippen LogP contribution in [-0.4, -0.2) is 15.5 Å². The minimum absolute atomic E-state index is 0.000992. The second kappa shape index (κ2) is 7.87. The minimum atomic E-state index is -4.93.